The molecule has 0 aromatic carbocycles. The van der Waals surface area contributed by atoms with Crippen molar-refractivity contribution in [1.29, 1.82) is 0 Å². The van der Waals surface area contributed by atoms with E-state index in [0.717, 1.165) is 19.4 Å². The predicted octanol–water partition coefficient (Wildman–Crippen LogP) is 0.888. The lowest BCUT2D eigenvalue weighted by atomic mass is 10.0. The summed E-state index contributed by atoms with van der Waals surface area (Å²) in [5, 5.41) is 9.13. The Morgan fingerprint density at radius 2 is 2.06 bits per heavy atom. The number of aliphatic carboxylic acids is 1. The van der Waals surface area contributed by atoms with Gasteiger partial charge in [-0.1, -0.05) is 13.3 Å². The molecular weight excluding hydrogens is 240 g/mol. The second kappa shape index (κ2) is 5.93. The Kier molecular flexibility index (Phi) is 5.09. The standard InChI is InChI=1S/C11H22N2O3S/c1-4-5-6-13-8-7-12(9-17(13)16)11(2,3)10(14)15/h4-9H2,1-3H3,(H,14,15). The third-order valence-corrected chi connectivity index (χ3v) is 4.72. The van der Waals surface area contributed by atoms with Gasteiger partial charge in [0.2, 0.25) is 0 Å². The summed E-state index contributed by atoms with van der Waals surface area (Å²) in [7, 11) is -1.08. The van der Waals surface area contributed by atoms with E-state index in [4.69, 9.17) is 5.11 Å². The number of hydrogen-bond donors (Lipinski definition) is 1. The second-order valence-corrected chi connectivity index (χ2v) is 6.28. The zero-order chi connectivity index (χ0) is 13.1. The zero-order valence-electron chi connectivity index (χ0n) is 10.8. The zero-order valence-corrected chi connectivity index (χ0v) is 11.6. The maximum absolute atomic E-state index is 12.0. The first kappa shape index (κ1) is 14.6. The summed E-state index contributed by atoms with van der Waals surface area (Å²) in [6, 6.07) is 0. The minimum absolute atomic E-state index is 0.322. The average molecular weight is 262 g/mol. The summed E-state index contributed by atoms with van der Waals surface area (Å²) < 4.78 is 13.9. The van der Waals surface area contributed by atoms with Crippen LogP contribution in [-0.2, 0) is 15.8 Å². The second-order valence-electron chi connectivity index (χ2n) is 4.86. The van der Waals surface area contributed by atoms with Crippen molar-refractivity contribution in [3.05, 3.63) is 0 Å². The average Bonchev–Trinajstić information content (AvgIpc) is 2.27. The van der Waals surface area contributed by atoms with Crippen molar-refractivity contribution in [3.63, 3.8) is 0 Å². The van der Waals surface area contributed by atoms with Crippen LogP contribution in [0.3, 0.4) is 0 Å². The fraction of sp³-hybridized carbons (Fsp3) is 0.909. The SMILES string of the molecule is CCCCN1CCN(C(C)(C)C(=O)O)CS1=O. The number of carbonyl (C=O) groups is 1. The molecule has 1 aliphatic heterocycles. The number of nitrogens with zero attached hydrogens (tertiary/aromatic N) is 2. The lowest BCUT2D eigenvalue weighted by Crippen LogP contribution is -2.58. The van der Waals surface area contributed by atoms with Gasteiger partial charge < -0.3 is 5.11 Å². The molecule has 0 aliphatic carbocycles. The highest BCUT2D eigenvalue weighted by Gasteiger charge is 2.38. The quantitative estimate of drug-likeness (QED) is 0.799. The van der Waals surface area contributed by atoms with E-state index in [0.29, 0.717) is 19.0 Å². The van der Waals surface area contributed by atoms with Crippen LogP contribution in [0.25, 0.3) is 0 Å². The molecule has 1 unspecified atom stereocenters. The van der Waals surface area contributed by atoms with Gasteiger partial charge in [0.05, 0.1) is 5.88 Å². The Balaban J connectivity index is 2.58. The molecule has 1 N–H and O–H groups in total. The maximum Gasteiger partial charge on any atom is 0.323 e. The Morgan fingerprint density at radius 1 is 1.41 bits per heavy atom. The molecule has 5 nitrogen and oxygen atoms in total. The van der Waals surface area contributed by atoms with E-state index in [-0.39, 0.29) is 0 Å². The number of carboxylic acid groups (broad SMARTS) is 1. The molecular formula is C11H22N2O3S. The van der Waals surface area contributed by atoms with Crippen LogP contribution in [0.15, 0.2) is 0 Å². The summed E-state index contributed by atoms with van der Waals surface area (Å²) in [5.41, 5.74) is -0.938. The van der Waals surface area contributed by atoms with Crippen molar-refractivity contribution in [2.75, 3.05) is 25.5 Å². The minimum atomic E-state index is -1.08. The van der Waals surface area contributed by atoms with Crippen LogP contribution in [-0.4, -0.2) is 55.5 Å². The van der Waals surface area contributed by atoms with E-state index in [9.17, 15) is 9.00 Å². The largest absolute Gasteiger partial charge is 0.480 e. The third-order valence-electron chi connectivity index (χ3n) is 3.25. The van der Waals surface area contributed by atoms with Gasteiger partial charge in [-0.15, -0.1) is 0 Å². The van der Waals surface area contributed by atoms with E-state index >= 15 is 0 Å². The van der Waals surface area contributed by atoms with Crippen molar-refractivity contribution in [2.24, 2.45) is 0 Å². The van der Waals surface area contributed by atoms with Crippen molar-refractivity contribution in [3.8, 4) is 0 Å². The van der Waals surface area contributed by atoms with Crippen molar-refractivity contribution >= 4 is 17.0 Å². The van der Waals surface area contributed by atoms with Gasteiger partial charge >= 0.3 is 5.97 Å². The predicted molar refractivity (Wildman–Crippen MR) is 67.9 cm³/mol. The fourth-order valence-electron chi connectivity index (χ4n) is 1.74. The molecule has 1 saturated heterocycles. The molecule has 1 rings (SSSR count). The van der Waals surface area contributed by atoms with Gasteiger partial charge in [0.1, 0.15) is 16.5 Å². The third kappa shape index (κ3) is 3.50. The Labute approximate surface area is 105 Å². The summed E-state index contributed by atoms with van der Waals surface area (Å²) in [4.78, 5) is 12.9. The van der Waals surface area contributed by atoms with Gasteiger partial charge in [0.15, 0.2) is 0 Å². The number of unbranched alkanes of at least 4 members (excludes halogenated alkanes) is 1. The molecule has 17 heavy (non-hydrogen) atoms. The van der Waals surface area contributed by atoms with Gasteiger partial charge in [0, 0.05) is 19.6 Å². The summed E-state index contributed by atoms with van der Waals surface area (Å²) >= 11 is 0. The van der Waals surface area contributed by atoms with E-state index < -0.39 is 22.5 Å². The van der Waals surface area contributed by atoms with Gasteiger partial charge in [-0.05, 0) is 20.3 Å². The molecule has 1 atom stereocenters. The highest BCUT2D eigenvalue weighted by atomic mass is 32.2. The summed E-state index contributed by atoms with van der Waals surface area (Å²) in [6.07, 6.45) is 2.12. The molecule has 0 bridgehead atoms. The van der Waals surface area contributed by atoms with E-state index in [1.165, 1.54) is 0 Å². The Morgan fingerprint density at radius 3 is 2.53 bits per heavy atom. The highest BCUT2D eigenvalue weighted by Crippen LogP contribution is 2.19. The Bertz CT molecular complexity index is 307. The van der Waals surface area contributed by atoms with Crippen LogP contribution in [0.1, 0.15) is 33.6 Å². The van der Waals surface area contributed by atoms with Crippen LogP contribution in [0.5, 0.6) is 0 Å². The summed E-state index contributed by atoms with van der Waals surface area (Å²) in [5.74, 6) is -0.542. The molecule has 6 heteroatoms. The number of hydrogen-bond acceptors (Lipinski definition) is 3. The fourth-order valence-corrected chi connectivity index (χ4v) is 3.24. The smallest absolute Gasteiger partial charge is 0.323 e. The van der Waals surface area contributed by atoms with Crippen LogP contribution in [0.2, 0.25) is 0 Å². The number of carboxylic acids is 1. The van der Waals surface area contributed by atoms with Gasteiger partial charge in [-0.2, -0.15) is 0 Å². The molecule has 0 amide bonds. The first-order valence-electron chi connectivity index (χ1n) is 6.01. The van der Waals surface area contributed by atoms with Crippen LogP contribution < -0.4 is 0 Å². The molecule has 0 aromatic rings. The van der Waals surface area contributed by atoms with Crippen molar-refractivity contribution in [2.45, 2.75) is 39.2 Å². The van der Waals surface area contributed by atoms with Crippen LogP contribution in [0.4, 0.5) is 0 Å². The van der Waals surface area contributed by atoms with E-state index in [2.05, 4.69) is 6.92 Å². The minimum Gasteiger partial charge on any atom is -0.480 e. The molecule has 0 radical (unpaired) electrons. The molecule has 1 aliphatic rings. The van der Waals surface area contributed by atoms with Crippen molar-refractivity contribution in [1.82, 2.24) is 9.21 Å². The molecule has 1 fully saturated rings. The summed E-state index contributed by atoms with van der Waals surface area (Å²) in [6.45, 7) is 7.61. The van der Waals surface area contributed by atoms with Crippen LogP contribution >= 0.6 is 0 Å². The lowest BCUT2D eigenvalue weighted by molar-refractivity contribution is -0.149. The van der Waals surface area contributed by atoms with Gasteiger partial charge in [-0.25, -0.2) is 8.51 Å². The Hall–Kier alpha value is -0.460. The van der Waals surface area contributed by atoms with Crippen molar-refractivity contribution < 1.29 is 14.1 Å². The molecule has 0 aromatic heterocycles. The first-order chi connectivity index (χ1) is 7.89. The highest BCUT2D eigenvalue weighted by molar-refractivity contribution is 7.82. The first-order valence-corrected chi connectivity index (χ1v) is 7.29. The molecule has 0 spiro atoms. The molecule has 0 saturated carbocycles. The lowest BCUT2D eigenvalue weighted by Gasteiger charge is -2.40. The van der Waals surface area contributed by atoms with E-state index in [1.807, 2.05) is 4.31 Å². The topological polar surface area (TPSA) is 60.9 Å². The molecule has 1 heterocycles. The van der Waals surface area contributed by atoms with Gasteiger partial charge in [0.25, 0.3) is 0 Å². The molecule has 100 valence electrons. The van der Waals surface area contributed by atoms with Gasteiger partial charge in [-0.3, -0.25) is 9.69 Å². The number of rotatable bonds is 5. The van der Waals surface area contributed by atoms with Crippen LogP contribution in [0, 0.1) is 0 Å². The van der Waals surface area contributed by atoms with E-state index in [1.54, 1.807) is 18.7 Å². The maximum atomic E-state index is 12.0. The normalized spacial score (nSPS) is 23.8. The monoisotopic (exact) mass is 262 g/mol.